The molecular weight excluding hydrogens is 495 g/mol. The van der Waals surface area contributed by atoms with Gasteiger partial charge in [-0.25, -0.2) is 0 Å². The van der Waals surface area contributed by atoms with Gasteiger partial charge in [0.05, 0.1) is 38.6 Å². The molecule has 172 valence electrons. The molecule has 1 aliphatic heterocycles. The molecule has 8 heteroatoms. The summed E-state index contributed by atoms with van der Waals surface area (Å²) in [6, 6.07) is 10.2. The van der Waals surface area contributed by atoms with Crippen molar-refractivity contribution in [3.8, 4) is 0 Å². The summed E-state index contributed by atoms with van der Waals surface area (Å²) >= 11 is 0. The minimum Gasteiger partial charge on any atom is -0.387 e. The predicted molar refractivity (Wildman–Crippen MR) is 133 cm³/mol. The number of hydrogen-bond donors (Lipinski definition) is 3. The van der Waals surface area contributed by atoms with Gasteiger partial charge in [-0.2, -0.15) is 0 Å². The van der Waals surface area contributed by atoms with Crippen molar-refractivity contribution < 1.29 is 14.6 Å². The van der Waals surface area contributed by atoms with E-state index in [1.165, 1.54) is 5.56 Å². The Kier molecular flexibility index (Phi) is 13.5. The summed E-state index contributed by atoms with van der Waals surface area (Å²) in [6.45, 7) is 13.0. The number of benzene rings is 1. The summed E-state index contributed by atoms with van der Waals surface area (Å²) < 4.78 is 11.2. The van der Waals surface area contributed by atoms with E-state index >= 15 is 0 Å². The van der Waals surface area contributed by atoms with Crippen LogP contribution in [0.2, 0.25) is 0 Å². The van der Waals surface area contributed by atoms with Crippen molar-refractivity contribution in [3.05, 3.63) is 35.9 Å². The molecule has 0 radical (unpaired) electrons. The van der Waals surface area contributed by atoms with E-state index in [0.717, 1.165) is 45.4 Å². The maximum Gasteiger partial charge on any atom is 0.191 e. The third-order valence-electron chi connectivity index (χ3n) is 4.72. The quantitative estimate of drug-likeness (QED) is 0.229. The number of rotatable bonds is 11. The summed E-state index contributed by atoms with van der Waals surface area (Å²) in [6.07, 6.45) is 0. The minimum atomic E-state index is -0.871. The van der Waals surface area contributed by atoms with E-state index in [1.54, 1.807) is 0 Å². The number of nitrogens with one attached hydrogen (secondary N) is 2. The second kappa shape index (κ2) is 15.0. The van der Waals surface area contributed by atoms with Crippen LogP contribution in [-0.4, -0.2) is 80.7 Å². The van der Waals surface area contributed by atoms with Crippen molar-refractivity contribution in [2.45, 2.75) is 33.0 Å². The van der Waals surface area contributed by atoms with Crippen LogP contribution in [0.1, 0.15) is 26.3 Å². The lowest BCUT2D eigenvalue weighted by atomic mass is 10.1. The standard InChI is InChI=1S/C22H38N4O3.HI/c1-4-23-21(25-17-22(3,27)18-26-10-12-28-13-11-26)24-14-19(2)15-29-16-20-8-6-5-7-9-20;/h5-9,19,27H,4,10-18H2,1-3H3,(H2,23,24,25);1H. The molecule has 3 N–H and O–H groups in total. The third kappa shape index (κ3) is 11.5. The van der Waals surface area contributed by atoms with E-state index in [1.807, 2.05) is 32.0 Å². The molecule has 1 aromatic rings. The topological polar surface area (TPSA) is 78.4 Å². The smallest absolute Gasteiger partial charge is 0.191 e. The van der Waals surface area contributed by atoms with Gasteiger partial charge in [-0.05, 0) is 25.3 Å². The highest BCUT2D eigenvalue weighted by Crippen LogP contribution is 2.09. The van der Waals surface area contributed by atoms with E-state index in [9.17, 15) is 5.11 Å². The fraction of sp³-hybridized carbons (Fsp3) is 0.682. The molecule has 2 atom stereocenters. The molecule has 1 aliphatic rings. The molecule has 0 amide bonds. The summed E-state index contributed by atoms with van der Waals surface area (Å²) in [7, 11) is 0. The summed E-state index contributed by atoms with van der Waals surface area (Å²) in [5.74, 6) is 1.07. The number of hydrogen-bond acceptors (Lipinski definition) is 5. The van der Waals surface area contributed by atoms with Gasteiger partial charge >= 0.3 is 0 Å². The zero-order chi connectivity index (χ0) is 21.0. The first-order valence-electron chi connectivity index (χ1n) is 10.6. The second-order valence-electron chi connectivity index (χ2n) is 8.07. The largest absolute Gasteiger partial charge is 0.387 e. The highest BCUT2D eigenvalue weighted by Gasteiger charge is 2.25. The molecule has 1 saturated heterocycles. The van der Waals surface area contributed by atoms with Gasteiger partial charge in [0.1, 0.15) is 0 Å². The lowest BCUT2D eigenvalue weighted by molar-refractivity contribution is -0.0180. The average Bonchev–Trinajstić information content (AvgIpc) is 2.71. The Morgan fingerprint density at radius 3 is 2.63 bits per heavy atom. The summed E-state index contributed by atoms with van der Waals surface area (Å²) in [5, 5.41) is 17.3. The van der Waals surface area contributed by atoms with Crippen LogP contribution in [0.5, 0.6) is 0 Å². The normalized spacial score (nSPS) is 18.2. The Bertz CT molecular complexity index is 595. The third-order valence-corrected chi connectivity index (χ3v) is 4.72. The summed E-state index contributed by atoms with van der Waals surface area (Å²) in [4.78, 5) is 6.82. The fourth-order valence-corrected chi connectivity index (χ4v) is 3.16. The van der Waals surface area contributed by atoms with Crippen molar-refractivity contribution in [3.63, 3.8) is 0 Å². The Morgan fingerprint density at radius 2 is 1.97 bits per heavy atom. The number of guanidine groups is 1. The van der Waals surface area contributed by atoms with Crippen molar-refractivity contribution in [1.82, 2.24) is 15.5 Å². The van der Waals surface area contributed by atoms with Crippen LogP contribution in [0.15, 0.2) is 35.3 Å². The zero-order valence-corrected chi connectivity index (χ0v) is 20.9. The first-order chi connectivity index (χ1) is 14.0. The molecule has 0 bridgehead atoms. The van der Waals surface area contributed by atoms with Gasteiger partial charge in [-0.3, -0.25) is 9.89 Å². The number of morpholine rings is 1. The van der Waals surface area contributed by atoms with Gasteiger partial charge in [0.25, 0.3) is 0 Å². The minimum absolute atomic E-state index is 0. The van der Waals surface area contributed by atoms with Crippen LogP contribution in [-0.2, 0) is 16.1 Å². The van der Waals surface area contributed by atoms with Crippen LogP contribution in [0, 0.1) is 5.92 Å². The van der Waals surface area contributed by atoms with E-state index < -0.39 is 5.60 Å². The van der Waals surface area contributed by atoms with Crippen LogP contribution >= 0.6 is 24.0 Å². The summed E-state index contributed by atoms with van der Waals surface area (Å²) in [5.41, 5.74) is 0.314. The molecule has 0 spiro atoms. The molecule has 0 saturated carbocycles. The Labute approximate surface area is 198 Å². The zero-order valence-electron chi connectivity index (χ0n) is 18.6. The SMILES string of the molecule is CCNC(=NCC(C)(O)CN1CCOCC1)NCC(C)COCc1ccccc1.I. The molecular formula is C22H39IN4O3. The van der Waals surface area contributed by atoms with Gasteiger partial charge < -0.3 is 25.2 Å². The predicted octanol–water partition coefficient (Wildman–Crippen LogP) is 2.10. The van der Waals surface area contributed by atoms with Crippen LogP contribution in [0.25, 0.3) is 0 Å². The van der Waals surface area contributed by atoms with Gasteiger partial charge in [0.2, 0.25) is 0 Å². The number of aliphatic imine (C=N–C) groups is 1. The Balaban J connectivity index is 0.00000450. The van der Waals surface area contributed by atoms with E-state index in [0.29, 0.717) is 32.2 Å². The number of nitrogens with zero attached hydrogens (tertiary/aromatic N) is 2. The highest BCUT2D eigenvalue weighted by atomic mass is 127. The van der Waals surface area contributed by atoms with Crippen LogP contribution < -0.4 is 10.6 Å². The van der Waals surface area contributed by atoms with Crippen molar-refractivity contribution >= 4 is 29.9 Å². The highest BCUT2D eigenvalue weighted by molar-refractivity contribution is 14.0. The fourth-order valence-electron chi connectivity index (χ4n) is 3.16. The van der Waals surface area contributed by atoms with Crippen molar-refractivity contribution in [2.24, 2.45) is 10.9 Å². The van der Waals surface area contributed by atoms with Crippen LogP contribution in [0.3, 0.4) is 0 Å². The Hall–Kier alpha value is -0.940. The average molecular weight is 534 g/mol. The van der Waals surface area contributed by atoms with Crippen molar-refractivity contribution in [1.29, 1.82) is 0 Å². The number of halogens is 1. The van der Waals surface area contributed by atoms with E-state index in [4.69, 9.17) is 9.47 Å². The van der Waals surface area contributed by atoms with Gasteiger partial charge in [0, 0.05) is 32.7 Å². The van der Waals surface area contributed by atoms with Gasteiger partial charge in [-0.15, -0.1) is 24.0 Å². The Morgan fingerprint density at radius 1 is 1.27 bits per heavy atom. The second-order valence-corrected chi connectivity index (χ2v) is 8.07. The van der Waals surface area contributed by atoms with E-state index in [2.05, 4.69) is 39.6 Å². The molecule has 30 heavy (non-hydrogen) atoms. The van der Waals surface area contributed by atoms with Gasteiger partial charge in [-0.1, -0.05) is 37.3 Å². The molecule has 1 fully saturated rings. The number of aliphatic hydroxyl groups is 1. The molecule has 1 aromatic carbocycles. The molecule has 1 heterocycles. The number of β-amino-alcohol motifs (C(OH)–C–C–N with tert-alkyl or cyclic N) is 1. The molecule has 0 aliphatic carbocycles. The lowest BCUT2D eigenvalue weighted by Crippen LogP contribution is -2.48. The maximum absolute atomic E-state index is 10.7. The molecule has 2 unspecified atom stereocenters. The molecule has 2 rings (SSSR count). The first kappa shape index (κ1) is 27.1. The number of ether oxygens (including phenoxy) is 2. The molecule has 7 nitrogen and oxygen atoms in total. The lowest BCUT2D eigenvalue weighted by Gasteiger charge is -2.33. The van der Waals surface area contributed by atoms with Crippen molar-refractivity contribution in [2.75, 3.05) is 59.1 Å². The molecule has 0 aromatic heterocycles. The monoisotopic (exact) mass is 534 g/mol. The van der Waals surface area contributed by atoms with E-state index in [-0.39, 0.29) is 24.0 Å². The van der Waals surface area contributed by atoms with Crippen LogP contribution in [0.4, 0.5) is 0 Å². The first-order valence-corrected chi connectivity index (χ1v) is 10.6. The van der Waals surface area contributed by atoms with Gasteiger partial charge in [0.15, 0.2) is 5.96 Å². The maximum atomic E-state index is 10.7.